The van der Waals surface area contributed by atoms with E-state index in [4.69, 9.17) is 5.73 Å². The van der Waals surface area contributed by atoms with Crippen molar-refractivity contribution in [3.05, 3.63) is 58.9 Å². The Morgan fingerprint density at radius 3 is 2.92 bits per heavy atom. The monoisotopic (exact) mass is 358 g/mol. The lowest BCUT2D eigenvalue weighted by Crippen LogP contribution is -2.30. The summed E-state index contributed by atoms with van der Waals surface area (Å²) >= 11 is 1.65. The van der Waals surface area contributed by atoms with Crippen LogP contribution in [0.2, 0.25) is 0 Å². The van der Waals surface area contributed by atoms with Crippen LogP contribution in [0.1, 0.15) is 18.1 Å². The number of rotatable bonds is 7. The van der Waals surface area contributed by atoms with Gasteiger partial charge in [-0.25, -0.2) is 4.39 Å². The van der Waals surface area contributed by atoms with Crippen molar-refractivity contribution in [1.82, 2.24) is 9.78 Å². The Morgan fingerprint density at radius 2 is 2.20 bits per heavy atom. The average Bonchev–Trinajstić information content (AvgIpc) is 3.20. The van der Waals surface area contributed by atoms with Gasteiger partial charge in [0.25, 0.3) is 0 Å². The molecule has 1 aromatic carbocycles. The molecule has 0 fully saturated rings. The summed E-state index contributed by atoms with van der Waals surface area (Å²) in [6.07, 6.45) is 2.59. The highest BCUT2D eigenvalue weighted by atomic mass is 32.1. The van der Waals surface area contributed by atoms with Crippen molar-refractivity contribution in [3.8, 4) is 11.3 Å². The summed E-state index contributed by atoms with van der Waals surface area (Å²) in [6, 6.07) is 8.87. The fourth-order valence-electron chi connectivity index (χ4n) is 2.97. The Labute approximate surface area is 151 Å². The number of anilines is 1. The van der Waals surface area contributed by atoms with Crippen molar-refractivity contribution in [2.75, 3.05) is 11.9 Å². The molecule has 0 saturated carbocycles. The van der Waals surface area contributed by atoms with Gasteiger partial charge in [-0.2, -0.15) is 5.10 Å². The molecule has 132 valence electrons. The third kappa shape index (κ3) is 4.08. The summed E-state index contributed by atoms with van der Waals surface area (Å²) < 4.78 is 15.4. The van der Waals surface area contributed by atoms with Crippen molar-refractivity contribution < 1.29 is 4.39 Å². The standard InChI is InChI=1S/C19H23FN4S/c1-3-24-19(13(2)11-22-24)15-9-18(25-12-15)23-17(10-21)8-14-5-4-6-16(20)7-14/h4-7,9,11-12,17,23H,3,8,10,21H2,1-2H3/t17-/m0/s1. The molecule has 0 aliphatic carbocycles. The van der Waals surface area contributed by atoms with E-state index < -0.39 is 0 Å². The van der Waals surface area contributed by atoms with Gasteiger partial charge in [0.15, 0.2) is 0 Å². The predicted molar refractivity (Wildman–Crippen MR) is 103 cm³/mol. The molecule has 3 aromatic rings. The molecule has 2 aromatic heterocycles. The highest BCUT2D eigenvalue weighted by Gasteiger charge is 2.14. The number of nitrogens with one attached hydrogen (secondary N) is 1. The van der Waals surface area contributed by atoms with Crippen LogP contribution in [0.4, 0.5) is 9.39 Å². The molecular weight excluding hydrogens is 335 g/mol. The van der Waals surface area contributed by atoms with Crippen LogP contribution in [0, 0.1) is 12.7 Å². The Balaban J connectivity index is 1.74. The SMILES string of the molecule is CCn1ncc(C)c1-c1csc(N[C@H](CN)Cc2cccc(F)c2)c1. The van der Waals surface area contributed by atoms with Crippen LogP contribution < -0.4 is 11.1 Å². The van der Waals surface area contributed by atoms with Gasteiger partial charge in [-0.1, -0.05) is 12.1 Å². The van der Waals surface area contributed by atoms with Crippen molar-refractivity contribution in [3.63, 3.8) is 0 Å². The highest BCUT2D eigenvalue weighted by Crippen LogP contribution is 2.31. The average molecular weight is 358 g/mol. The van der Waals surface area contributed by atoms with Crippen molar-refractivity contribution >= 4 is 16.3 Å². The van der Waals surface area contributed by atoms with E-state index in [9.17, 15) is 4.39 Å². The third-order valence-corrected chi connectivity index (χ3v) is 5.06. The maximum Gasteiger partial charge on any atom is 0.123 e. The van der Waals surface area contributed by atoms with E-state index in [2.05, 4.69) is 35.7 Å². The summed E-state index contributed by atoms with van der Waals surface area (Å²) in [6.45, 7) is 5.49. The maximum absolute atomic E-state index is 13.4. The molecule has 0 bridgehead atoms. The minimum atomic E-state index is -0.213. The normalized spacial score (nSPS) is 12.3. The summed E-state index contributed by atoms with van der Waals surface area (Å²) in [5, 5.41) is 11.1. The van der Waals surface area contributed by atoms with E-state index in [1.54, 1.807) is 23.5 Å². The Bertz CT molecular complexity index is 840. The molecule has 3 N–H and O–H groups in total. The fraction of sp³-hybridized carbons (Fsp3) is 0.316. The lowest BCUT2D eigenvalue weighted by molar-refractivity contribution is 0.622. The van der Waals surface area contributed by atoms with E-state index in [1.807, 2.05) is 16.9 Å². The van der Waals surface area contributed by atoms with Crippen LogP contribution in [0.15, 0.2) is 41.9 Å². The van der Waals surface area contributed by atoms with E-state index >= 15 is 0 Å². The van der Waals surface area contributed by atoms with Gasteiger partial charge in [0.2, 0.25) is 0 Å². The fourth-order valence-corrected chi connectivity index (χ4v) is 3.84. The van der Waals surface area contributed by atoms with Gasteiger partial charge in [0.05, 0.1) is 16.9 Å². The summed E-state index contributed by atoms with van der Waals surface area (Å²) in [5.74, 6) is -0.213. The zero-order valence-electron chi connectivity index (χ0n) is 14.5. The first-order valence-corrected chi connectivity index (χ1v) is 9.31. The van der Waals surface area contributed by atoms with E-state index in [1.165, 1.54) is 11.6 Å². The largest absolute Gasteiger partial charge is 0.373 e. The molecule has 0 unspecified atom stereocenters. The highest BCUT2D eigenvalue weighted by molar-refractivity contribution is 7.14. The molecule has 0 amide bonds. The quantitative estimate of drug-likeness (QED) is 0.670. The second-order valence-corrected chi connectivity index (χ2v) is 7.01. The van der Waals surface area contributed by atoms with Crippen LogP contribution in [-0.2, 0) is 13.0 Å². The molecule has 1 atom stereocenters. The predicted octanol–water partition coefficient (Wildman–Crippen LogP) is 4.06. The van der Waals surface area contributed by atoms with Crippen molar-refractivity contribution in [2.24, 2.45) is 5.73 Å². The lowest BCUT2D eigenvalue weighted by atomic mass is 10.1. The van der Waals surface area contributed by atoms with Crippen molar-refractivity contribution in [2.45, 2.75) is 32.9 Å². The number of nitrogens with zero attached hydrogens (tertiary/aromatic N) is 2. The van der Waals surface area contributed by atoms with Crippen molar-refractivity contribution in [1.29, 1.82) is 0 Å². The number of hydrogen-bond acceptors (Lipinski definition) is 4. The van der Waals surface area contributed by atoms with Gasteiger partial charge in [0, 0.05) is 30.1 Å². The van der Waals surface area contributed by atoms with Gasteiger partial charge < -0.3 is 11.1 Å². The molecule has 25 heavy (non-hydrogen) atoms. The smallest absolute Gasteiger partial charge is 0.123 e. The maximum atomic E-state index is 13.4. The molecule has 0 spiro atoms. The molecule has 0 aliphatic rings. The Hall–Kier alpha value is -2.18. The Kier molecular flexibility index (Phi) is 5.50. The number of nitrogens with two attached hydrogens (primary N) is 1. The molecule has 3 rings (SSSR count). The zero-order valence-corrected chi connectivity index (χ0v) is 15.3. The molecule has 6 heteroatoms. The summed E-state index contributed by atoms with van der Waals surface area (Å²) in [7, 11) is 0. The first kappa shape index (κ1) is 17.6. The third-order valence-electron chi connectivity index (χ3n) is 4.20. The number of benzene rings is 1. The topological polar surface area (TPSA) is 55.9 Å². The van der Waals surface area contributed by atoms with Gasteiger partial charge in [-0.3, -0.25) is 4.68 Å². The molecular formula is C19H23FN4S. The number of aromatic nitrogens is 2. The van der Waals surface area contributed by atoms with Crippen LogP contribution in [0.25, 0.3) is 11.3 Å². The first-order chi connectivity index (χ1) is 12.1. The molecule has 2 heterocycles. The van der Waals surface area contributed by atoms with E-state index in [0.29, 0.717) is 13.0 Å². The number of thiophene rings is 1. The molecule has 0 aliphatic heterocycles. The van der Waals surface area contributed by atoms with Crippen LogP contribution in [0.3, 0.4) is 0 Å². The summed E-state index contributed by atoms with van der Waals surface area (Å²) in [4.78, 5) is 0. The second kappa shape index (κ2) is 7.80. The minimum Gasteiger partial charge on any atom is -0.373 e. The molecule has 0 radical (unpaired) electrons. The number of hydrogen-bond donors (Lipinski definition) is 2. The lowest BCUT2D eigenvalue weighted by Gasteiger charge is -2.17. The van der Waals surface area contributed by atoms with E-state index in [0.717, 1.165) is 28.4 Å². The van der Waals surface area contributed by atoms with Gasteiger partial charge in [0.1, 0.15) is 5.82 Å². The summed E-state index contributed by atoms with van der Waals surface area (Å²) in [5.41, 5.74) is 10.3. The zero-order chi connectivity index (χ0) is 17.8. The van der Waals surface area contributed by atoms with Gasteiger partial charge >= 0.3 is 0 Å². The number of aryl methyl sites for hydroxylation is 2. The number of halogens is 1. The molecule has 4 nitrogen and oxygen atoms in total. The molecule has 0 saturated heterocycles. The van der Waals surface area contributed by atoms with Gasteiger partial charge in [-0.15, -0.1) is 11.3 Å². The second-order valence-electron chi connectivity index (χ2n) is 6.10. The van der Waals surface area contributed by atoms with Gasteiger partial charge in [-0.05, 0) is 49.6 Å². The Morgan fingerprint density at radius 1 is 1.36 bits per heavy atom. The minimum absolute atomic E-state index is 0.0606. The van der Waals surface area contributed by atoms with Crippen LogP contribution in [-0.4, -0.2) is 22.4 Å². The van der Waals surface area contributed by atoms with Crippen LogP contribution >= 0.6 is 11.3 Å². The van der Waals surface area contributed by atoms with Crippen LogP contribution in [0.5, 0.6) is 0 Å². The first-order valence-electron chi connectivity index (χ1n) is 8.43. The van der Waals surface area contributed by atoms with E-state index in [-0.39, 0.29) is 11.9 Å².